The second kappa shape index (κ2) is 12.2. The van der Waals surface area contributed by atoms with Gasteiger partial charge in [0.05, 0.1) is 35.6 Å². The number of thiazole rings is 1. The third-order valence-electron chi connectivity index (χ3n) is 6.44. The third kappa shape index (κ3) is 5.75. The molecule has 0 radical (unpaired) electrons. The Bertz CT molecular complexity index is 1760. The van der Waals surface area contributed by atoms with Gasteiger partial charge in [-0.2, -0.15) is 0 Å². The van der Waals surface area contributed by atoms with Gasteiger partial charge in [-0.25, -0.2) is 9.79 Å². The number of nitrogens with zero attached hydrogens (tertiary/aromatic N) is 2. The Kier molecular flexibility index (Phi) is 8.51. The summed E-state index contributed by atoms with van der Waals surface area (Å²) in [6.45, 7) is 4.08. The number of hydrogen-bond donors (Lipinski definition) is 0. The molecule has 0 amide bonds. The number of halogens is 1. The van der Waals surface area contributed by atoms with E-state index in [9.17, 15) is 9.59 Å². The van der Waals surface area contributed by atoms with Crippen LogP contribution in [0, 0.1) is 3.57 Å². The van der Waals surface area contributed by atoms with Crippen molar-refractivity contribution in [3.05, 3.63) is 124 Å². The average molecular weight is 667 g/mol. The van der Waals surface area contributed by atoms with Gasteiger partial charge >= 0.3 is 5.97 Å². The van der Waals surface area contributed by atoms with E-state index in [2.05, 4.69) is 27.6 Å². The van der Waals surface area contributed by atoms with Gasteiger partial charge in [-0.05, 0) is 90.0 Å². The topological polar surface area (TPSA) is 79.1 Å². The molecule has 2 heterocycles. The smallest absolute Gasteiger partial charge is 0.338 e. The number of benzene rings is 3. The van der Waals surface area contributed by atoms with Crippen molar-refractivity contribution in [3.63, 3.8) is 0 Å². The molecular weight excluding hydrogens is 639 g/mol. The molecule has 9 heteroatoms. The maximum Gasteiger partial charge on any atom is 0.338 e. The largest absolute Gasteiger partial charge is 0.496 e. The lowest BCUT2D eigenvalue weighted by Gasteiger charge is -2.24. The first-order valence-corrected chi connectivity index (χ1v) is 14.6. The summed E-state index contributed by atoms with van der Waals surface area (Å²) in [5.41, 5.74) is 3.17. The number of fused-ring (bicyclic) bond motifs is 1. The van der Waals surface area contributed by atoms with Crippen LogP contribution in [0.3, 0.4) is 0 Å². The Labute approximate surface area is 249 Å². The Morgan fingerprint density at radius 3 is 2.55 bits per heavy atom. The molecule has 1 unspecified atom stereocenters. The molecule has 0 aliphatic carbocycles. The minimum atomic E-state index is -0.632. The van der Waals surface area contributed by atoms with E-state index >= 15 is 0 Å². The van der Waals surface area contributed by atoms with Gasteiger partial charge in [0.25, 0.3) is 5.56 Å². The standard InChI is InChI=1S/C31H27IN2O5S/c1-4-38-30(36)27-19(2)33-31-34(28(27)21-8-6-5-7-9-21)29(35)26(40-31)17-20-10-15-25(37-3)22(16-20)18-39-24-13-11-23(32)12-14-24/h5-17,28H,4,18H2,1-3H3. The molecule has 1 atom stereocenters. The molecule has 0 fully saturated rings. The van der Waals surface area contributed by atoms with Crippen LogP contribution < -0.4 is 24.4 Å². The van der Waals surface area contributed by atoms with Crippen LogP contribution in [0.5, 0.6) is 11.5 Å². The number of allylic oxidation sites excluding steroid dienone is 1. The van der Waals surface area contributed by atoms with E-state index in [4.69, 9.17) is 14.2 Å². The van der Waals surface area contributed by atoms with Crippen molar-refractivity contribution in [2.75, 3.05) is 13.7 Å². The van der Waals surface area contributed by atoms with Crippen molar-refractivity contribution < 1.29 is 19.0 Å². The van der Waals surface area contributed by atoms with Crippen LogP contribution in [-0.2, 0) is 16.1 Å². The molecule has 3 aromatic carbocycles. The van der Waals surface area contributed by atoms with E-state index in [1.807, 2.05) is 78.9 Å². The fourth-order valence-electron chi connectivity index (χ4n) is 4.59. The normalized spacial score (nSPS) is 14.9. The van der Waals surface area contributed by atoms with E-state index in [1.165, 1.54) is 11.3 Å². The monoisotopic (exact) mass is 666 g/mol. The van der Waals surface area contributed by atoms with Crippen LogP contribution in [0.2, 0.25) is 0 Å². The van der Waals surface area contributed by atoms with Crippen LogP contribution in [0.4, 0.5) is 0 Å². The van der Waals surface area contributed by atoms with Gasteiger partial charge in [-0.3, -0.25) is 9.36 Å². The van der Waals surface area contributed by atoms with Crippen LogP contribution >= 0.6 is 33.9 Å². The highest BCUT2D eigenvalue weighted by Crippen LogP contribution is 2.30. The molecule has 0 N–H and O–H groups in total. The summed E-state index contributed by atoms with van der Waals surface area (Å²) in [5.74, 6) is 0.984. The maximum absolute atomic E-state index is 13.8. The van der Waals surface area contributed by atoms with E-state index in [1.54, 1.807) is 25.5 Å². The number of methoxy groups -OCH3 is 1. The Morgan fingerprint density at radius 2 is 1.85 bits per heavy atom. The summed E-state index contributed by atoms with van der Waals surface area (Å²) in [6, 6.07) is 22.4. The van der Waals surface area contributed by atoms with E-state index in [-0.39, 0.29) is 12.2 Å². The molecule has 5 rings (SSSR count). The van der Waals surface area contributed by atoms with Crippen LogP contribution in [0.25, 0.3) is 6.08 Å². The summed E-state index contributed by atoms with van der Waals surface area (Å²) in [4.78, 5) is 32.0. The number of esters is 1. The quantitative estimate of drug-likeness (QED) is 0.196. The molecule has 204 valence electrons. The summed E-state index contributed by atoms with van der Waals surface area (Å²) in [7, 11) is 1.62. The van der Waals surface area contributed by atoms with Gasteiger partial charge in [0.2, 0.25) is 0 Å². The van der Waals surface area contributed by atoms with E-state index in [0.29, 0.717) is 33.0 Å². The summed E-state index contributed by atoms with van der Waals surface area (Å²) < 4.78 is 20.1. The number of rotatable bonds is 8. The fourth-order valence-corrected chi connectivity index (χ4v) is 5.99. The second-order valence-corrected chi connectivity index (χ2v) is 11.3. The predicted octanol–water partition coefficient (Wildman–Crippen LogP) is 4.99. The van der Waals surface area contributed by atoms with Crippen molar-refractivity contribution in [2.24, 2.45) is 4.99 Å². The highest BCUT2D eigenvalue weighted by Gasteiger charge is 2.33. The molecule has 0 saturated heterocycles. The average Bonchev–Trinajstić information content (AvgIpc) is 3.26. The fraction of sp³-hybridized carbons (Fsp3) is 0.194. The van der Waals surface area contributed by atoms with Gasteiger partial charge in [0, 0.05) is 9.13 Å². The minimum absolute atomic E-state index is 0.223. The van der Waals surface area contributed by atoms with Crippen LogP contribution in [-0.4, -0.2) is 24.3 Å². The SMILES string of the molecule is CCOC(=O)C1=C(C)N=c2sc(=Cc3ccc(OC)c(COc4ccc(I)cc4)c3)c(=O)n2C1c1ccccc1. The Balaban J connectivity index is 1.56. The van der Waals surface area contributed by atoms with Gasteiger partial charge in [-0.1, -0.05) is 47.7 Å². The zero-order valence-corrected chi connectivity index (χ0v) is 25.2. The second-order valence-electron chi connectivity index (χ2n) is 9.03. The number of carbonyl (C=O) groups is 1. The predicted molar refractivity (Wildman–Crippen MR) is 163 cm³/mol. The first-order chi connectivity index (χ1) is 19.4. The molecule has 1 aliphatic rings. The van der Waals surface area contributed by atoms with Crippen LogP contribution in [0.1, 0.15) is 36.6 Å². The number of ether oxygens (including phenoxy) is 3. The van der Waals surface area contributed by atoms with Gasteiger partial charge < -0.3 is 14.2 Å². The number of carbonyl (C=O) groups excluding carboxylic acids is 1. The molecule has 4 aromatic rings. The van der Waals surface area contributed by atoms with E-state index < -0.39 is 12.0 Å². The summed E-state index contributed by atoms with van der Waals surface area (Å²) in [6.07, 6.45) is 1.84. The van der Waals surface area contributed by atoms with Crippen LogP contribution in [0.15, 0.2) is 93.9 Å². The minimum Gasteiger partial charge on any atom is -0.496 e. The van der Waals surface area contributed by atoms with Gasteiger partial charge in [0.1, 0.15) is 18.1 Å². The maximum atomic E-state index is 13.8. The van der Waals surface area contributed by atoms with Crippen molar-refractivity contribution in [3.8, 4) is 11.5 Å². The highest BCUT2D eigenvalue weighted by atomic mass is 127. The molecule has 7 nitrogen and oxygen atoms in total. The third-order valence-corrected chi connectivity index (χ3v) is 8.14. The first-order valence-electron chi connectivity index (χ1n) is 12.7. The molecule has 1 aliphatic heterocycles. The lowest BCUT2D eigenvalue weighted by Crippen LogP contribution is -2.39. The first kappa shape index (κ1) is 27.9. The highest BCUT2D eigenvalue weighted by molar-refractivity contribution is 14.1. The van der Waals surface area contributed by atoms with Crippen molar-refractivity contribution in [1.29, 1.82) is 0 Å². The van der Waals surface area contributed by atoms with Gasteiger partial charge in [-0.15, -0.1) is 0 Å². The Hall–Kier alpha value is -3.70. The van der Waals surface area contributed by atoms with Crippen molar-refractivity contribution >= 4 is 46.0 Å². The molecule has 0 bridgehead atoms. The van der Waals surface area contributed by atoms with Gasteiger partial charge in [0.15, 0.2) is 4.80 Å². The zero-order chi connectivity index (χ0) is 28.2. The zero-order valence-electron chi connectivity index (χ0n) is 22.2. The molecule has 0 saturated carbocycles. The van der Waals surface area contributed by atoms with E-state index in [0.717, 1.165) is 26.0 Å². The van der Waals surface area contributed by atoms with Crippen molar-refractivity contribution in [2.45, 2.75) is 26.5 Å². The Morgan fingerprint density at radius 1 is 1.10 bits per heavy atom. The molecule has 1 aromatic heterocycles. The molecule has 0 spiro atoms. The number of aromatic nitrogens is 1. The summed E-state index contributed by atoms with van der Waals surface area (Å²) >= 11 is 3.55. The lowest BCUT2D eigenvalue weighted by molar-refractivity contribution is -0.139. The molecular formula is C31H27IN2O5S. The lowest BCUT2D eigenvalue weighted by atomic mass is 9.96. The number of hydrogen-bond acceptors (Lipinski definition) is 7. The van der Waals surface area contributed by atoms with Crippen molar-refractivity contribution in [1.82, 2.24) is 4.57 Å². The summed E-state index contributed by atoms with van der Waals surface area (Å²) in [5, 5.41) is 0. The molecule has 40 heavy (non-hydrogen) atoms.